The van der Waals surface area contributed by atoms with E-state index in [-0.39, 0.29) is 5.82 Å². The van der Waals surface area contributed by atoms with Crippen LogP contribution in [0.2, 0.25) is 0 Å². The molecule has 0 atom stereocenters. The molecular formula is C16H17N7O. The predicted octanol–water partition coefficient (Wildman–Crippen LogP) is 2.34. The van der Waals surface area contributed by atoms with Crippen LogP contribution in [-0.2, 0) is 0 Å². The van der Waals surface area contributed by atoms with Gasteiger partial charge in [-0.15, -0.1) is 0 Å². The van der Waals surface area contributed by atoms with Crippen molar-refractivity contribution in [3.8, 4) is 11.5 Å². The molecule has 0 fully saturated rings. The van der Waals surface area contributed by atoms with E-state index in [4.69, 9.17) is 16.1 Å². The minimum Gasteiger partial charge on any atom is -0.402 e. The summed E-state index contributed by atoms with van der Waals surface area (Å²) in [7, 11) is 0. The minimum absolute atomic E-state index is 0.162. The van der Waals surface area contributed by atoms with Crippen LogP contribution < -0.4 is 11.5 Å². The van der Waals surface area contributed by atoms with Crippen LogP contribution >= 0.6 is 0 Å². The summed E-state index contributed by atoms with van der Waals surface area (Å²) >= 11 is 0. The van der Waals surface area contributed by atoms with Crippen molar-refractivity contribution in [2.45, 2.75) is 13.3 Å². The lowest BCUT2D eigenvalue weighted by molar-refractivity contribution is 0.310. The first kappa shape index (κ1) is 15.5. The van der Waals surface area contributed by atoms with E-state index in [0.717, 1.165) is 11.2 Å². The van der Waals surface area contributed by atoms with E-state index in [1.165, 1.54) is 0 Å². The molecule has 0 spiro atoms. The molecular weight excluding hydrogens is 306 g/mol. The summed E-state index contributed by atoms with van der Waals surface area (Å²) in [6.07, 6.45) is 9.63. The molecule has 3 aromatic rings. The number of aromatic nitrogens is 5. The molecule has 0 aromatic carbocycles. The molecule has 0 aliphatic carbocycles. The van der Waals surface area contributed by atoms with Crippen LogP contribution in [0, 0.1) is 0 Å². The van der Waals surface area contributed by atoms with Crippen LogP contribution in [0.15, 0.2) is 53.6 Å². The molecule has 0 aliphatic rings. The number of rotatable bonds is 5. The summed E-state index contributed by atoms with van der Waals surface area (Å²) in [5.41, 5.74) is 15.0. The lowest BCUT2D eigenvalue weighted by Gasteiger charge is -2.07. The Balaban J connectivity index is 2.08. The Morgan fingerprint density at radius 1 is 1.42 bits per heavy atom. The summed E-state index contributed by atoms with van der Waals surface area (Å²) in [5, 5.41) is 7.45. The lowest BCUT2D eigenvalue weighted by atomic mass is 10.2. The van der Waals surface area contributed by atoms with E-state index >= 15 is 0 Å². The Morgan fingerprint density at radius 3 is 2.96 bits per heavy atom. The van der Waals surface area contributed by atoms with Crippen LogP contribution in [0.4, 0.5) is 5.82 Å². The number of hydrogen-bond acceptors (Lipinski definition) is 7. The van der Waals surface area contributed by atoms with Crippen LogP contribution in [0.5, 0.6) is 0 Å². The Hall–Kier alpha value is -3.42. The maximum Gasteiger partial charge on any atom is 0.199 e. The molecule has 3 rings (SSSR count). The number of nitrogens with two attached hydrogens (primary N) is 2. The molecule has 3 heterocycles. The molecule has 0 aliphatic heterocycles. The maximum absolute atomic E-state index is 5.81. The van der Waals surface area contributed by atoms with Gasteiger partial charge in [0, 0.05) is 24.0 Å². The van der Waals surface area contributed by atoms with Crippen LogP contribution in [-0.4, -0.2) is 24.8 Å². The van der Waals surface area contributed by atoms with Crippen molar-refractivity contribution in [3.05, 3.63) is 49.0 Å². The first-order valence-electron chi connectivity index (χ1n) is 7.29. The largest absolute Gasteiger partial charge is 0.402 e. The Kier molecular flexibility index (Phi) is 4.11. The molecule has 0 amide bonds. The zero-order chi connectivity index (χ0) is 17.1. The fourth-order valence-corrected chi connectivity index (χ4v) is 2.26. The molecule has 3 aromatic heterocycles. The van der Waals surface area contributed by atoms with E-state index in [9.17, 15) is 0 Å². The van der Waals surface area contributed by atoms with E-state index in [2.05, 4.69) is 26.9 Å². The van der Waals surface area contributed by atoms with Crippen LogP contribution in [0.1, 0.15) is 13.3 Å². The van der Waals surface area contributed by atoms with E-state index in [1.54, 1.807) is 12.4 Å². The average Bonchev–Trinajstić information content (AvgIpc) is 3.17. The molecule has 24 heavy (non-hydrogen) atoms. The highest BCUT2D eigenvalue weighted by molar-refractivity contribution is 5.86. The number of anilines is 1. The van der Waals surface area contributed by atoms with Gasteiger partial charge in [0.25, 0.3) is 0 Å². The van der Waals surface area contributed by atoms with Crippen molar-refractivity contribution >= 4 is 22.5 Å². The normalized spacial score (nSPS) is 12.3. The fourth-order valence-electron chi connectivity index (χ4n) is 2.26. The van der Waals surface area contributed by atoms with E-state index in [1.807, 2.05) is 35.8 Å². The summed E-state index contributed by atoms with van der Waals surface area (Å²) in [4.78, 5) is 8.61. The second-order valence-electron chi connectivity index (χ2n) is 5.09. The third kappa shape index (κ3) is 2.76. The number of nitrogens with zero attached hydrogens (tertiary/aromatic N) is 5. The molecule has 4 N–H and O–H groups in total. The monoisotopic (exact) mass is 323 g/mol. The fraction of sp³-hybridized carbons (Fsp3) is 0.125. The SMILES string of the molecule is C=C(/C=C\C/C(N)=C\C)n1c(-c2nonc2N)nc2cnccc21. The first-order valence-corrected chi connectivity index (χ1v) is 7.29. The van der Waals surface area contributed by atoms with Crippen molar-refractivity contribution in [2.75, 3.05) is 5.73 Å². The van der Waals surface area contributed by atoms with Gasteiger partial charge in [-0.3, -0.25) is 9.55 Å². The highest BCUT2D eigenvalue weighted by atomic mass is 16.6. The maximum atomic E-state index is 5.81. The summed E-state index contributed by atoms with van der Waals surface area (Å²) in [5.74, 6) is 0.653. The zero-order valence-corrected chi connectivity index (χ0v) is 13.2. The van der Waals surface area contributed by atoms with Gasteiger partial charge in [0.05, 0.1) is 11.7 Å². The van der Waals surface area contributed by atoms with Gasteiger partial charge in [0.1, 0.15) is 5.52 Å². The molecule has 0 radical (unpaired) electrons. The third-order valence-electron chi connectivity index (χ3n) is 3.50. The van der Waals surface area contributed by atoms with Gasteiger partial charge in [0.15, 0.2) is 17.3 Å². The smallest absolute Gasteiger partial charge is 0.199 e. The molecule has 122 valence electrons. The second kappa shape index (κ2) is 6.37. The van der Waals surface area contributed by atoms with E-state index < -0.39 is 0 Å². The number of fused-ring (bicyclic) bond motifs is 1. The van der Waals surface area contributed by atoms with Gasteiger partial charge in [0.2, 0.25) is 0 Å². The molecule has 0 unspecified atom stereocenters. The van der Waals surface area contributed by atoms with Crippen molar-refractivity contribution in [2.24, 2.45) is 5.73 Å². The quantitative estimate of drug-likeness (QED) is 0.691. The van der Waals surface area contributed by atoms with Gasteiger partial charge >= 0.3 is 0 Å². The van der Waals surface area contributed by atoms with Crippen molar-refractivity contribution in [1.82, 2.24) is 24.8 Å². The molecule has 0 saturated heterocycles. The number of hydrogen-bond donors (Lipinski definition) is 2. The van der Waals surface area contributed by atoms with Crippen LogP contribution in [0.3, 0.4) is 0 Å². The number of pyridine rings is 1. The van der Waals surface area contributed by atoms with Crippen molar-refractivity contribution in [1.29, 1.82) is 0 Å². The third-order valence-corrected chi connectivity index (χ3v) is 3.50. The predicted molar refractivity (Wildman–Crippen MR) is 92.3 cm³/mol. The molecule has 0 bridgehead atoms. The lowest BCUT2D eigenvalue weighted by Crippen LogP contribution is -2.00. The van der Waals surface area contributed by atoms with Crippen molar-refractivity contribution < 1.29 is 4.63 Å². The second-order valence-corrected chi connectivity index (χ2v) is 5.09. The number of allylic oxidation sites excluding steroid dienone is 4. The Bertz CT molecular complexity index is 948. The van der Waals surface area contributed by atoms with Gasteiger partial charge in [-0.25, -0.2) is 9.61 Å². The number of imidazole rings is 1. The zero-order valence-electron chi connectivity index (χ0n) is 13.2. The average molecular weight is 323 g/mol. The first-order chi connectivity index (χ1) is 11.6. The van der Waals surface area contributed by atoms with Gasteiger partial charge in [-0.1, -0.05) is 18.7 Å². The van der Waals surface area contributed by atoms with Crippen molar-refractivity contribution in [3.63, 3.8) is 0 Å². The molecule has 8 nitrogen and oxygen atoms in total. The topological polar surface area (TPSA) is 122 Å². The van der Waals surface area contributed by atoms with Gasteiger partial charge in [-0.05, 0) is 29.4 Å². The molecule has 0 saturated carbocycles. The van der Waals surface area contributed by atoms with E-state index in [0.29, 0.717) is 29.2 Å². The highest BCUT2D eigenvalue weighted by Crippen LogP contribution is 2.29. The van der Waals surface area contributed by atoms with Gasteiger partial charge < -0.3 is 11.5 Å². The minimum atomic E-state index is 0.162. The molecule has 8 heteroatoms. The summed E-state index contributed by atoms with van der Waals surface area (Å²) in [6.45, 7) is 6.00. The van der Waals surface area contributed by atoms with Crippen LogP contribution in [0.25, 0.3) is 28.2 Å². The Morgan fingerprint density at radius 2 is 2.25 bits per heavy atom. The standard InChI is InChI=1S/C16H17N7O/c1-3-11(17)6-4-5-10(2)23-13-7-8-19-9-12(13)20-16(23)14-15(18)22-24-21-14/h3-5,7-9H,2,6,17H2,1H3,(H2,18,22)/b5-4-,11-3+. The highest BCUT2D eigenvalue weighted by Gasteiger charge is 2.19. The summed E-state index contributed by atoms with van der Waals surface area (Å²) in [6, 6.07) is 1.84. The number of nitrogen functional groups attached to an aromatic ring is 1. The summed E-state index contributed by atoms with van der Waals surface area (Å²) < 4.78 is 6.52. The van der Waals surface area contributed by atoms with Gasteiger partial charge in [-0.2, -0.15) is 0 Å². The Labute approximate surface area is 138 Å².